The lowest BCUT2D eigenvalue weighted by Crippen LogP contribution is -2.49. The summed E-state index contributed by atoms with van der Waals surface area (Å²) in [6, 6.07) is 8.05. The number of piperidine rings is 1. The average molecular weight is 315 g/mol. The zero-order valence-corrected chi connectivity index (χ0v) is 13.8. The number of ether oxygens (including phenoxy) is 1. The first-order valence-electron chi connectivity index (χ1n) is 8.72. The molecule has 0 radical (unpaired) electrons. The normalized spacial score (nSPS) is 21.1. The standard InChI is InChI=1S/C19H25NO3/c1-2-23-19(22)17-9-5-6-10-20(17)18(21)13-14-11-15-7-3-4-8-16(15)12-14/h3-4,7-8,14,17H,2,5-6,9-13H2,1H3. The second kappa shape index (κ2) is 7.16. The van der Waals surface area contributed by atoms with Crippen molar-refractivity contribution in [1.82, 2.24) is 4.90 Å². The van der Waals surface area contributed by atoms with Gasteiger partial charge in [-0.25, -0.2) is 4.79 Å². The Morgan fingerprint density at radius 1 is 1.17 bits per heavy atom. The number of fused-ring (bicyclic) bond motifs is 1. The van der Waals surface area contributed by atoms with Crippen LogP contribution in [0.25, 0.3) is 0 Å². The smallest absolute Gasteiger partial charge is 0.328 e. The van der Waals surface area contributed by atoms with Gasteiger partial charge in [-0.15, -0.1) is 0 Å². The molecule has 2 aliphatic rings. The first-order valence-corrected chi connectivity index (χ1v) is 8.72. The molecule has 3 rings (SSSR count). The van der Waals surface area contributed by atoms with Gasteiger partial charge in [-0.3, -0.25) is 4.79 Å². The Hall–Kier alpha value is -1.84. The molecule has 4 heteroatoms. The van der Waals surface area contributed by atoms with Crippen LogP contribution in [-0.2, 0) is 27.2 Å². The van der Waals surface area contributed by atoms with E-state index >= 15 is 0 Å². The highest BCUT2D eigenvalue weighted by molar-refractivity contribution is 5.85. The van der Waals surface area contributed by atoms with E-state index in [2.05, 4.69) is 24.3 Å². The second-order valence-corrected chi connectivity index (χ2v) is 6.60. The number of hydrogen-bond acceptors (Lipinski definition) is 3. The van der Waals surface area contributed by atoms with Crippen LogP contribution in [0.3, 0.4) is 0 Å². The first-order chi connectivity index (χ1) is 11.2. The minimum absolute atomic E-state index is 0.112. The molecule has 1 atom stereocenters. The fraction of sp³-hybridized carbons (Fsp3) is 0.579. The van der Waals surface area contributed by atoms with Crippen molar-refractivity contribution in [2.45, 2.75) is 51.5 Å². The van der Waals surface area contributed by atoms with Crippen molar-refractivity contribution in [1.29, 1.82) is 0 Å². The van der Waals surface area contributed by atoms with Crippen LogP contribution in [0.1, 0.15) is 43.7 Å². The molecule has 1 aromatic carbocycles. The lowest BCUT2D eigenvalue weighted by Gasteiger charge is -2.34. The summed E-state index contributed by atoms with van der Waals surface area (Å²) in [6.07, 6.45) is 5.17. The van der Waals surface area contributed by atoms with E-state index in [4.69, 9.17) is 4.74 Å². The highest BCUT2D eigenvalue weighted by Crippen LogP contribution is 2.30. The van der Waals surface area contributed by atoms with Crippen LogP contribution in [-0.4, -0.2) is 36.0 Å². The van der Waals surface area contributed by atoms with Crippen molar-refractivity contribution in [2.24, 2.45) is 5.92 Å². The summed E-state index contributed by atoms with van der Waals surface area (Å²) in [6.45, 7) is 2.86. The predicted molar refractivity (Wildman–Crippen MR) is 87.9 cm³/mol. The van der Waals surface area contributed by atoms with E-state index in [0.717, 1.165) is 32.1 Å². The lowest BCUT2D eigenvalue weighted by molar-refractivity contribution is -0.157. The maximum absolute atomic E-state index is 12.7. The summed E-state index contributed by atoms with van der Waals surface area (Å²) in [7, 11) is 0. The number of esters is 1. The molecule has 1 fully saturated rings. The van der Waals surface area contributed by atoms with Gasteiger partial charge in [0.05, 0.1) is 6.61 Å². The topological polar surface area (TPSA) is 46.6 Å². The van der Waals surface area contributed by atoms with Crippen LogP contribution in [0.15, 0.2) is 24.3 Å². The van der Waals surface area contributed by atoms with Gasteiger partial charge in [-0.05, 0) is 56.1 Å². The molecule has 0 N–H and O–H groups in total. The van der Waals surface area contributed by atoms with Crippen LogP contribution in [0.4, 0.5) is 0 Å². The summed E-state index contributed by atoms with van der Waals surface area (Å²) in [5, 5.41) is 0. The van der Waals surface area contributed by atoms with E-state index in [1.54, 1.807) is 4.90 Å². The van der Waals surface area contributed by atoms with Crippen LogP contribution in [0.2, 0.25) is 0 Å². The molecular formula is C19H25NO3. The Morgan fingerprint density at radius 2 is 1.87 bits per heavy atom. The third-order valence-corrected chi connectivity index (χ3v) is 4.98. The summed E-state index contributed by atoms with van der Waals surface area (Å²) in [5.41, 5.74) is 2.73. The van der Waals surface area contributed by atoms with Gasteiger partial charge in [0.1, 0.15) is 6.04 Å². The van der Waals surface area contributed by atoms with Gasteiger partial charge in [0.15, 0.2) is 0 Å². The minimum atomic E-state index is -0.375. The number of carbonyl (C=O) groups is 2. The second-order valence-electron chi connectivity index (χ2n) is 6.60. The van der Waals surface area contributed by atoms with Crippen molar-refractivity contribution in [3.8, 4) is 0 Å². The summed E-state index contributed by atoms with van der Waals surface area (Å²) < 4.78 is 5.15. The monoisotopic (exact) mass is 315 g/mol. The molecule has 4 nitrogen and oxygen atoms in total. The Morgan fingerprint density at radius 3 is 2.52 bits per heavy atom. The van der Waals surface area contributed by atoms with E-state index in [1.165, 1.54) is 11.1 Å². The Labute approximate surface area is 137 Å². The van der Waals surface area contributed by atoms with E-state index in [0.29, 0.717) is 25.5 Å². The molecule has 1 amide bonds. The van der Waals surface area contributed by atoms with Gasteiger partial charge < -0.3 is 9.64 Å². The highest BCUT2D eigenvalue weighted by atomic mass is 16.5. The summed E-state index contributed by atoms with van der Waals surface area (Å²) in [4.78, 5) is 26.6. The van der Waals surface area contributed by atoms with E-state index in [9.17, 15) is 9.59 Å². The van der Waals surface area contributed by atoms with Crippen LogP contribution >= 0.6 is 0 Å². The first kappa shape index (κ1) is 16.0. The zero-order valence-electron chi connectivity index (χ0n) is 13.8. The number of rotatable bonds is 4. The number of benzene rings is 1. The maximum Gasteiger partial charge on any atom is 0.328 e. The molecule has 1 aliphatic carbocycles. The minimum Gasteiger partial charge on any atom is -0.464 e. The predicted octanol–water partition coefficient (Wildman–Crippen LogP) is 2.74. The quantitative estimate of drug-likeness (QED) is 0.803. The van der Waals surface area contributed by atoms with E-state index in [-0.39, 0.29) is 17.9 Å². The van der Waals surface area contributed by atoms with Gasteiger partial charge >= 0.3 is 5.97 Å². The van der Waals surface area contributed by atoms with Gasteiger partial charge in [-0.2, -0.15) is 0 Å². The molecule has 1 aromatic rings. The SMILES string of the molecule is CCOC(=O)C1CCCCN1C(=O)CC1Cc2ccccc2C1. The fourth-order valence-corrected chi connectivity index (χ4v) is 3.87. The largest absolute Gasteiger partial charge is 0.464 e. The molecule has 0 bridgehead atoms. The van der Waals surface area contributed by atoms with Crippen molar-refractivity contribution < 1.29 is 14.3 Å². The third-order valence-electron chi connectivity index (χ3n) is 4.98. The molecule has 1 saturated heterocycles. The number of hydrogen-bond donors (Lipinski definition) is 0. The molecule has 124 valence electrons. The zero-order chi connectivity index (χ0) is 16.2. The lowest BCUT2D eigenvalue weighted by atomic mass is 9.97. The van der Waals surface area contributed by atoms with Gasteiger partial charge in [0.25, 0.3) is 0 Å². The van der Waals surface area contributed by atoms with Crippen LogP contribution < -0.4 is 0 Å². The van der Waals surface area contributed by atoms with E-state index in [1.807, 2.05) is 6.92 Å². The van der Waals surface area contributed by atoms with Crippen molar-refractivity contribution in [2.75, 3.05) is 13.2 Å². The molecule has 23 heavy (non-hydrogen) atoms. The molecule has 1 heterocycles. The third kappa shape index (κ3) is 3.57. The number of likely N-dealkylation sites (tertiary alicyclic amines) is 1. The van der Waals surface area contributed by atoms with Gasteiger partial charge in [0, 0.05) is 13.0 Å². The van der Waals surface area contributed by atoms with Gasteiger partial charge in [0.2, 0.25) is 5.91 Å². The number of nitrogens with zero attached hydrogens (tertiary/aromatic N) is 1. The molecule has 0 saturated carbocycles. The van der Waals surface area contributed by atoms with Crippen LogP contribution in [0, 0.1) is 5.92 Å². The Kier molecular flexibility index (Phi) is 4.99. The molecule has 1 unspecified atom stereocenters. The summed E-state index contributed by atoms with van der Waals surface area (Å²) >= 11 is 0. The Balaban J connectivity index is 1.62. The number of amides is 1. The molecular weight excluding hydrogens is 290 g/mol. The average Bonchev–Trinajstić information content (AvgIpc) is 2.97. The van der Waals surface area contributed by atoms with Gasteiger partial charge in [-0.1, -0.05) is 24.3 Å². The number of carbonyl (C=O) groups excluding carboxylic acids is 2. The Bertz CT molecular complexity index is 559. The van der Waals surface area contributed by atoms with Crippen LogP contribution in [0.5, 0.6) is 0 Å². The molecule has 0 spiro atoms. The summed E-state index contributed by atoms with van der Waals surface area (Å²) in [5.74, 6) is 0.237. The van der Waals surface area contributed by atoms with Crippen molar-refractivity contribution >= 4 is 11.9 Å². The van der Waals surface area contributed by atoms with E-state index < -0.39 is 0 Å². The molecule has 1 aliphatic heterocycles. The van der Waals surface area contributed by atoms with Crippen molar-refractivity contribution in [3.05, 3.63) is 35.4 Å². The fourth-order valence-electron chi connectivity index (χ4n) is 3.87. The molecule has 0 aromatic heterocycles. The highest BCUT2D eigenvalue weighted by Gasteiger charge is 2.34. The maximum atomic E-state index is 12.7. The van der Waals surface area contributed by atoms with Crippen molar-refractivity contribution in [3.63, 3.8) is 0 Å².